The summed E-state index contributed by atoms with van der Waals surface area (Å²) in [7, 11) is 2.18. The monoisotopic (exact) mass is 250 g/mol. The molecule has 17 heavy (non-hydrogen) atoms. The van der Waals surface area contributed by atoms with Crippen LogP contribution in [0.4, 0.5) is 0 Å². The molecule has 0 saturated carbocycles. The van der Waals surface area contributed by atoms with Gasteiger partial charge in [-0.2, -0.15) is 0 Å². The summed E-state index contributed by atoms with van der Waals surface area (Å²) in [5, 5.41) is 2.11. The topological polar surface area (TPSA) is 29.3 Å². The van der Waals surface area contributed by atoms with E-state index in [4.69, 9.17) is 5.73 Å². The molecule has 1 heterocycles. The number of nitrogens with two attached hydrogens (primary N) is 1. The van der Waals surface area contributed by atoms with Crippen molar-refractivity contribution in [2.75, 3.05) is 20.1 Å². The molecule has 0 bridgehead atoms. The van der Waals surface area contributed by atoms with Crippen molar-refractivity contribution in [2.45, 2.75) is 26.8 Å². The van der Waals surface area contributed by atoms with Crippen LogP contribution in [0.3, 0.4) is 0 Å². The van der Waals surface area contributed by atoms with E-state index in [0.29, 0.717) is 6.54 Å². The van der Waals surface area contributed by atoms with Gasteiger partial charge in [0.05, 0.1) is 6.54 Å². The van der Waals surface area contributed by atoms with Crippen LogP contribution in [0.15, 0.2) is 11.4 Å². The summed E-state index contributed by atoms with van der Waals surface area (Å²) in [5.74, 6) is 6.71. The van der Waals surface area contributed by atoms with Crippen LogP contribution in [-0.2, 0) is 6.54 Å². The number of hydrogen-bond donors (Lipinski definition) is 1. The average Bonchev–Trinajstić information content (AvgIpc) is 2.73. The molecule has 94 valence electrons. The lowest BCUT2D eigenvalue weighted by Gasteiger charge is -2.19. The molecule has 0 amide bonds. The molecule has 0 fully saturated rings. The van der Waals surface area contributed by atoms with Gasteiger partial charge in [-0.15, -0.1) is 11.3 Å². The van der Waals surface area contributed by atoms with Crippen LogP contribution in [-0.4, -0.2) is 25.0 Å². The largest absolute Gasteiger partial charge is 0.320 e. The van der Waals surface area contributed by atoms with Crippen LogP contribution in [0.1, 0.15) is 30.7 Å². The van der Waals surface area contributed by atoms with Crippen LogP contribution in [0.25, 0.3) is 0 Å². The lowest BCUT2D eigenvalue weighted by molar-refractivity contribution is 0.277. The summed E-state index contributed by atoms with van der Waals surface area (Å²) in [5.41, 5.74) is 6.45. The fraction of sp³-hybridized carbons (Fsp3) is 0.571. The molecule has 0 radical (unpaired) electrons. The summed E-state index contributed by atoms with van der Waals surface area (Å²) in [6.45, 7) is 7.13. The van der Waals surface area contributed by atoms with E-state index in [1.807, 2.05) is 0 Å². The van der Waals surface area contributed by atoms with Gasteiger partial charge in [-0.1, -0.05) is 32.1 Å². The molecule has 3 heteroatoms. The summed E-state index contributed by atoms with van der Waals surface area (Å²) in [6.07, 6.45) is 1.24. The van der Waals surface area contributed by atoms with Crippen molar-refractivity contribution < 1.29 is 0 Å². The van der Waals surface area contributed by atoms with Gasteiger partial charge < -0.3 is 10.6 Å². The lowest BCUT2D eigenvalue weighted by atomic mass is 10.1. The van der Waals surface area contributed by atoms with E-state index in [1.54, 1.807) is 11.3 Å². The highest BCUT2D eigenvalue weighted by molar-refractivity contribution is 7.10. The summed E-state index contributed by atoms with van der Waals surface area (Å²) < 4.78 is 0. The molecule has 2 N–H and O–H groups in total. The van der Waals surface area contributed by atoms with Crippen molar-refractivity contribution in [3.8, 4) is 11.8 Å². The summed E-state index contributed by atoms with van der Waals surface area (Å²) >= 11 is 1.78. The highest BCUT2D eigenvalue weighted by Crippen LogP contribution is 2.16. The molecule has 0 aromatic carbocycles. The Kier molecular flexibility index (Phi) is 6.28. The van der Waals surface area contributed by atoms with Gasteiger partial charge in [-0.3, -0.25) is 0 Å². The Labute approximate surface area is 109 Å². The molecule has 1 unspecified atom stereocenters. The Morgan fingerprint density at radius 2 is 2.29 bits per heavy atom. The highest BCUT2D eigenvalue weighted by Gasteiger charge is 2.06. The first-order valence-electron chi connectivity index (χ1n) is 6.10. The zero-order valence-electron chi connectivity index (χ0n) is 11.0. The molecule has 1 rings (SSSR count). The second kappa shape index (κ2) is 7.50. The molecule has 2 nitrogen and oxygen atoms in total. The number of nitrogens with zero attached hydrogens (tertiary/aromatic N) is 1. The Morgan fingerprint density at radius 1 is 1.53 bits per heavy atom. The molecule has 1 aromatic heterocycles. The van der Waals surface area contributed by atoms with Crippen molar-refractivity contribution in [1.82, 2.24) is 4.90 Å². The summed E-state index contributed by atoms with van der Waals surface area (Å²) in [6, 6.07) is 2.17. The van der Waals surface area contributed by atoms with Gasteiger partial charge in [-0.05, 0) is 19.0 Å². The third kappa shape index (κ3) is 5.36. The predicted octanol–water partition coefficient (Wildman–Crippen LogP) is 2.54. The van der Waals surface area contributed by atoms with Crippen LogP contribution in [0, 0.1) is 17.8 Å². The highest BCUT2D eigenvalue weighted by atomic mass is 32.1. The zero-order valence-corrected chi connectivity index (χ0v) is 11.8. The van der Waals surface area contributed by atoms with Gasteiger partial charge in [0.25, 0.3) is 0 Å². The Bertz CT molecular complexity index is 386. The molecule has 1 aromatic rings. The maximum absolute atomic E-state index is 5.36. The van der Waals surface area contributed by atoms with Crippen molar-refractivity contribution in [3.05, 3.63) is 21.9 Å². The maximum Gasteiger partial charge on any atom is 0.0555 e. The van der Waals surface area contributed by atoms with E-state index in [-0.39, 0.29) is 0 Å². The van der Waals surface area contributed by atoms with E-state index in [0.717, 1.165) is 24.6 Å². The van der Waals surface area contributed by atoms with Crippen LogP contribution in [0.5, 0.6) is 0 Å². The van der Waals surface area contributed by atoms with Gasteiger partial charge in [0.1, 0.15) is 0 Å². The Balaban J connectivity index is 2.48. The van der Waals surface area contributed by atoms with Crippen LogP contribution in [0.2, 0.25) is 0 Å². The van der Waals surface area contributed by atoms with Crippen LogP contribution < -0.4 is 5.73 Å². The standard InChI is InChI=1S/C14H22N2S/c1-4-12(2)9-16(3)10-14-8-13(11-17-14)6-5-7-15/h8,11-12H,4,7,9-10,15H2,1-3H3. The number of thiophene rings is 1. The Morgan fingerprint density at radius 3 is 2.94 bits per heavy atom. The molecule has 0 aliphatic rings. The van der Waals surface area contributed by atoms with E-state index in [2.05, 4.69) is 49.1 Å². The molecular weight excluding hydrogens is 228 g/mol. The van der Waals surface area contributed by atoms with Crippen molar-refractivity contribution in [3.63, 3.8) is 0 Å². The van der Waals surface area contributed by atoms with Gasteiger partial charge >= 0.3 is 0 Å². The van der Waals surface area contributed by atoms with E-state index in [1.165, 1.54) is 11.3 Å². The third-order valence-corrected chi connectivity index (χ3v) is 3.66. The van der Waals surface area contributed by atoms with E-state index >= 15 is 0 Å². The number of hydrogen-bond acceptors (Lipinski definition) is 3. The molecule has 0 aliphatic carbocycles. The van der Waals surface area contributed by atoms with E-state index in [9.17, 15) is 0 Å². The number of rotatable bonds is 5. The molecule has 0 aliphatic heterocycles. The van der Waals surface area contributed by atoms with Gasteiger partial charge in [-0.25, -0.2) is 0 Å². The predicted molar refractivity (Wildman–Crippen MR) is 76.0 cm³/mol. The second-order valence-corrected chi connectivity index (χ2v) is 5.51. The van der Waals surface area contributed by atoms with Crippen LogP contribution >= 0.6 is 11.3 Å². The zero-order chi connectivity index (χ0) is 12.7. The first kappa shape index (κ1) is 14.2. The molecular formula is C14H22N2S. The molecule has 1 atom stereocenters. The second-order valence-electron chi connectivity index (χ2n) is 4.52. The Hall–Kier alpha value is -0.820. The third-order valence-electron chi connectivity index (χ3n) is 2.73. The SMILES string of the molecule is CCC(C)CN(C)Cc1cc(C#CCN)cs1. The minimum absolute atomic E-state index is 0.430. The fourth-order valence-electron chi connectivity index (χ4n) is 1.67. The summed E-state index contributed by atoms with van der Waals surface area (Å²) in [4.78, 5) is 3.75. The molecule has 0 spiro atoms. The van der Waals surface area contributed by atoms with Crippen molar-refractivity contribution >= 4 is 11.3 Å². The fourth-order valence-corrected chi connectivity index (χ4v) is 2.57. The van der Waals surface area contributed by atoms with Crippen molar-refractivity contribution in [1.29, 1.82) is 0 Å². The first-order chi connectivity index (χ1) is 8.15. The van der Waals surface area contributed by atoms with Gasteiger partial charge in [0.2, 0.25) is 0 Å². The quantitative estimate of drug-likeness (QED) is 0.814. The molecule has 0 saturated heterocycles. The average molecular weight is 250 g/mol. The van der Waals surface area contributed by atoms with Crippen molar-refractivity contribution in [2.24, 2.45) is 11.7 Å². The minimum Gasteiger partial charge on any atom is -0.320 e. The minimum atomic E-state index is 0.430. The lowest BCUT2D eigenvalue weighted by Crippen LogP contribution is -2.23. The van der Waals surface area contributed by atoms with Gasteiger partial charge in [0.15, 0.2) is 0 Å². The van der Waals surface area contributed by atoms with E-state index < -0.39 is 0 Å². The van der Waals surface area contributed by atoms with Gasteiger partial charge in [0, 0.05) is 28.9 Å². The first-order valence-corrected chi connectivity index (χ1v) is 6.98. The maximum atomic E-state index is 5.36. The smallest absolute Gasteiger partial charge is 0.0555 e. The normalized spacial score (nSPS) is 12.3.